The fourth-order valence-electron chi connectivity index (χ4n) is 2.06. The van der Waals surface area contributed by atoms with Gasteiger partial charge in [-0.3, -0.25) is 4.79 Å². The molecule has 0 unspecified atom stereocenters. The zero-order chi connectivity index (χ0) is 14.1. The van der Waals surface area contributed by atoms with Gasteiger partial charge in [-0.2, -0.15) is 0 Å². The van der Waals surface area contributed by atoms with E-state index in [1.165, 1.54) is 6.08 Å². The van der Waals surface area contributed by atoms with Gasteiger partial charge in [-0.25, -0.2) is 13.2 Å². The number of allylic oxidation sites excluding steroid dienone is 2. The molecule has 1 nitrogen and oxygen atoms in total. The summed E-state index contributed by atoms with van der Waals surface area (Å²) in [6.45, 7) is -0.0670. The van der Waals surface area contributed by atoms with Crippen molar-refractivity contribution in [2.45, 2.75) is 13.8 Å². The molecule has 2 atom stereocenters. The Balaban J connectivity index is 2.94. The van der Waals surface area contributed by atoms with Gasteiger partial charge in [0.05, 0.1) is 5.41 Å². The first-order chi connectivity index (χ1) is 8.26. The van der Waals surface area contributed by atoms with Gasteiger partial charge in [-0.05, 0) is 22.9 Å². The second-order valence-electron chi connectivity index (χ2n) is 5.32. The van der Waals surface area contributed by atoms with Crippen LogP contribution in [0.3, 0.4) is 0 Å². The van der Waals surface area contributed by atoms with Gasteiger partial charge in [-0.1, -0.05) is 31.5 Å². The van der Waals surface area contributed by atoms with Crippen molar-refractivity contribution in [3.05, 3.63) is 11.1 Å². The molecule has 0 aromatic heterocycles. The standard InChI is InChI=1S/C12H15Cl2F3O/c1-11(2)7(9(11)10(14)18)3-8(13)12(4-15,5-16)6-17/h3,7,9H,4-6H2,1-2H3/t7-,9-/m1/s1. The molecule has 18 heavy (non-hydrogen) atoms. The van der Waals surface area contributed by atoms with Crippen LogP contribution in [0.25, 0.3) is 0 Å². The van der Waals surface area contributed by atoms with Crippen molar-refractivity contribution in [1.29, 1.82) is 0 Å². The van der Waals surface area contributed by atoms with E-state index < -0.39 is 42.0 Å². The van der Waals surface area contributed by atoms with Crippen molar-refractivity contribution in [3.8, 4) is 0 Å². The van der Waals surface area contributed by atoms with Crippen molar-refractivity contribution >= 4 is 28.4 Å². The van der Waals surface area contributed by atoms with Gasteiger partial charge in [0, 0.05) is 11.0 Å². The third kappa shape index (κ3) is 2.55. The van der Waals surface area contributed by atoms with Gasteiger partial charge in [0.1, 0.15) is 20.0 Å². The molecule has 0 aromatic carbocycles. The monoisotopic (exact) mass is 302 g/mol. The first-order valence-electron chi connectivity index (χ1n) is 5.52. The molecule has 0 bridgehead atoms. The van der Waals surface area contributed by atoms with E-state index in [4.69, 9.17) is 23.2 Å². The van der Waals surface area contributed by atoms with Crippen LogP contribution < -0.4 is 0 Å². The van der Waals surface area contributed by atoms with Crippen LogP contribution in [-0.2, 0) is 4.79 Å². The molecule has 0 amide bonds. The van der Waals surface area contributed by atoms with Crippen LogP contribution >= 0.6 is 23.2 Å². The van der Waals surface area contributed by atoms with Gasteiger partial charge in [0.25, 0.3) is 0 Å². The van der Waals surface area contributed by atoms with Crippen LogP contribution in [0.2, 0.25) is 0 Å². The Bertz CT molecular complexity index is 356. The summed E-state index contributed by atoms with van der Waals surface area (Å²) in [6.07, 6.45) is 1.37. The molecule has 1 aliphatic carbocycles. The summed E-state index contributed by atoms with van der Waals surface area (Å²) in [7, 11) is 0. The minimum Gasteiger partial charge on any atom is -0.281 e. The lowest BCUT2D eigenvalue weighted by Crippen LogP contribution is -2.29. The SMILES string of the molecule is CC1(C)[C@H](C=C(Cl)C(CF)(CF)CF)[C@@H]1C(=O)Cl. The van der Waals surface area contributed by atoms with Crippen molar-refractivity contribution in [2.24, 2.45) is 22.7 Å². The molecule has 0 aromatic rings. The molecular formula is C12H15Cl2F3O. The molecule has 0 radical (unpaired) electrons. The van der Waals surface area contributed by atoms with E-state index in [9.17, 15) is 18.0 Å². The summed E-state index contributed by atoms with van der Waals surface area (Å²) >= 11 is 11.2. The van der Waals surface area contributed by atoms with E-state index in [0.29, 0.717) is 0 Å². The lowest BCUT2D eigenvalue weighted by Gasteiger charge is -2.23. The van der Waals surface area contributed by atoms with E-state index in [-0.39, 0.29) is 11.0 Å². The van der Waals surface area contributed by atoms with Crippen molar-refractivity contribution in [1.82, 2.24) is 0 Å². The molecule has 6 heteroatoms. The van der Waals surface area contributed by atoms with Crippen LogP contribution in [0.5, 0.6) is 0 Å². The van der Waals surface area contributed by atoms with Crippen LogP contribution in [0, 0.1) is 22.7 Å². The van der Waals surface area contributed by atoms with Gasteiger partial charge >= 0.3 is 0 Å². The molecule has 0 spiro atoms. The number of rotatable bonds is 6. The number of alkyl halides is 3. The summed E-state index contributed by atoms with van der Waals surface area (Å²) in [6, 6.07) is 0. The predicted molar refractivity (Wildman–Crippen MR) is 65.9 cm³/mol. The second kappa shape index (κ2) is 5.41. The Hall–Kier alpha value is -0.220. The van der Waals surface area contributed by atoms with Crippen molar-refractivity contribution < 1.29 is 18.0 Å². The summed E-state index contributed by atoms with van der Waals surface area (Å²) < 4.78 is 38.4. The molecule has 0 aliphatic heterocycles. The molecular weight excluding hydrogens is 288 g/mol. The van der Waals surface area contributed by atoms with E-state index in [1.54, 1.807) is 13.8 Å². The minimum absolute atomic E-state index is 0.214. The average molecular weight is 303 g/mol. The predicted octanol–water partition coefficient (Wildman–Crippen LogP) is 4.04. The van der Waals surface area contributed by atoms with E-state index >= 15 is 0 Å². The maximum atomic E-state index is 12.8. The highest BCUT2D eigenvalue weighted by molar-refractivity contribution is 6.64. The van der Waals surface area contributed by atoms with E-state index in [2.05, 4.69) is 0 Å². The number of carbonyl (C=O) groups is 1. The molecule has 0 heterocycles. The fourth-order valence-corrected chi connectivity index (χ4v) is 2.76. The molecule has 1 aliphatic rings. The van der Waals surface area contributed by atoms with Crippen molar-refractivity contribution in [2.75, 3.05) is 20.0 Å². The Morgan fingerprint density at radius 2 is 1.67 bits per heavy atom. The van der Waals surface area contributed by atoms with E-state index in [0.717, 1.165) is 0 Å². The lowest BCUT2D eigenvalue weighted by molar-refractivity contribution is -0.113. The smallest absolute Gasteiger partial charge is 0.225 e. The Labute approximate surface area is 114 Å². The zero-order valence-electron chi connectivity index (χ0n) is 10.2. The number of carbonyl (C=O) groups excluding carboxylic acids is 1. The first kappa shape index (κ1) is 15.8. The lowest BCUT2D eigenvalue weighted by atomic mass is 9.91. The van der Waals surface area contributed by atoms with Crippen LogP contribution in [0.1, 0.15) is 13.8 Å². The van der Waals surface area contributed by atoms with E-state index in [1.807, 2.05) is 0 Å². The molecule has 1 rings (SSSR count). The maximum absolute atomic E-state index is 12.8. The van der Waals surface area contributed by atoms with Crippen LogP contribution in [-0.4, -0.2) is 25.3 Å². The molecule has 0 saturated heterocycles. The highest BCUT2D eigenvalue weighted by Gasteiger charge is 2.60. The number of hydrogen-bond acceptors (Lipinski definition) is 1. The van der Waals surface area contributed by atoms with Crippen LogP contribution in [0.4, 0.5) is 13.2 Å². The first-order valence-corrected chi connectivity index (χ1v) is 6.27. The summed E-state index contributed by atoms with van der Waals surface area (Å²) in [5, 5.41) is -0.731. The topological polar surface area (TPSA) is 17.1 Å². The second-order valence-corrected chi connectivity index (χ2v) is 6.10. The zero-order valence-corrected chi connectivity index (χ0v) is 11.7. The molecule has 1 fully saturated rings. The molecule has 1 saturated carbocycles. The molecule has 104 valence electrons. The quantitative estimate of drug-likeness (QED) is 0.677. The normalized spacial score (nSPS) is 27.2. The molecule has 0 N–H and O–H groups in total. The third-order valence-electron chi connectivity index (χ3n) is 3.76. The summed E-state index contributed by atoms with van der Waals surface area (Å²) in [4.78, 5) is 11.1. The van der Waals surface area contributed by atoms with Gasteiger partial charge in [0.2, 0.25) is 5.24 Å². The Morgan fingerprint density at radius 1 is 1.22 bits per heavy atom. The Morgan fingerprint density at radius 3 is 1.94 bits per heavy atom. The Kier molecular flexibility index (Phi) is 4.76. The van der Waals surface area contributed by atoms with Crippen molar-refractivity contribution in [3.63, 3.8) is 0 Å². The maximum Gasteiger partial charge on any atom is 0.225 e. The third-order valence-corrected chi connectivity index (χ3v) is 4.52. The van der Waals surface area contributed by atoms with Crippen LogP contribution in [0.15, 0.2) is 11.1 Å². The highest BCUT2D eigenvalue weighted by atomic mass is 35.5. The van der Waals surface area contributed by atoms with Gasteiger partial charge in [-0.15, -0.1) is 0 Å². The van der Waals surface area contributed by atoms with Gasteiger partial charge < -0.3 is 0 Å². The number of hydrogen-bond donors (Lipinski definition) is 0. The fraction of sp³-hybridized carbons (Fsp3) is 0.750. The minimum atomic E-state index is -1.93. The average Bonchev–Trinajstić information content (AvgIpc) is 2.83. The van der Waals surface area contributed by atoms with Gasteiger partial charge in [0.15, 0.2) is 0 Å². The highest BCUT2D eigenvalue weighted by Crippen LogP contribution is 2.61. The summed E-state index contributed by atoms with van der Waals surface area (Å²) in [5.74, 6) is -0.747. The summed E-state index contributed by atoms with van der Waals surface area (Å²) in [5.41, 5.74) is -2.34. The number of halogens is 5. The largest absolute Gasteiger partial charge is 0.281 e.